The molecular formula is C12H23BrO2. The lowest BCUT2D eigenvalue weighted by Gasteiger charge is -2.05. The summed E-state index contributed by atoms with van der Waals surface area (Å²) in [6, 6.07) is 0. The second-order valence-corrected chi connectivity index (χ2v) is 4.98. The number of alkyl halides is 1. The van der Waals surface area contributed by atoms with Crippen LogP contribution in [0.4, 0.5) is 0 Å². The average Bonchev–Trinajstić information content (AvgIpc) is 2.21. The average molecular weight is 279 g/mol. The predicted octanol–water partition coefficient (Wildman–Crippen LogP) is 4.22. The maximum atomic E-state index is 10.5. The number of unbranched alkanes of at least 4 members (excludes halogenated alkanes) is 6. The van der Waals surface area contributed by atoms with E-state index in [4.69, 9.17) is 5.11 Å². The van der Waals surface area contributed by atoms with Gasteiger partial charge in [0.05, 0.1) is 5.92 Å². The van der Waals surface area contributed by atoms with Crippen LogP contribution in [0.25, 0.3) is 0 Å². The van der Waals surface area contributed by atoms with Crippen LogP contribution in [0.3, 0.4) is 0 Å². The van der Waals surface area contributed by atoms with Gasteiger partial charge in [-0.25, -0.2) is 0 Å². The topological polar surface area (TPSA) is 37.3 Å². The van der Waals surface area contributed by atoms with Gasteiger partial charge in [0.15, 0.2) is 0 Å². The fraction of sp³-hybridized carbons (Fsp3) is 0.917. The predicted molar refractivity (Wildman–Crippen MR) is 67.5 cm³/mol. The van der Waals surface area contributed by atoms with Gasteiger partial charge in [-0.15, -0.1) is 0 Å². The standard InChI is InChI=1S/C12H23BrO2/c1-11(12(14)15)9-7-5-3-2-4-6-8-10-13/h11H,2-10H2,1H3,(H,14,15). The molecule has 1 unspecified atom stereocenters. The molecule has 0 aliphatic rings. The Morgan fingerprint density at radius 2 is 1.53 bits per heavy atom. The first-order chi connectivity index (χ1) is 7.18. The van der Waals surface area contributed by atoms with Crippen LogP contribution >= 0.6 is 15.9 Å². The number of carboxylic acid groups (broad SMARTS) is 1. The summed E-state index contributed by atoms with van der Waals surface area (Å²) in [6.45, 7) is 1.79. The number of aliphatic carboxylic acids is 1. The van der Waals surface area contributed by atoms with Gasteiger partial charge in [0.1, 0.15) is 0 Å². The summed E-state index contributed by atoms with van der Waals surface area (Å²) in [6.07, 6.45) is 9.55. The molecule has 0 spiro atoms. The van der Waals surface area contributed by atoms with Crippen LogP contribution in [0, 0.1) is 5.92 Å². The van der Waals surface area contributed by atoms with Crippen molar-refractivity contribution in [3.63, 3.8) is 0 Å². The van der Waals surface area contributed by atoms with Gasteiger partial charge >= 0.3 is 5.97 Å². The van der Waals surface area contributed by atoms with Gasteiger partial charge in [-0.2, -0.15) is 0 Å². The first-order valence-corrected chi connectivity index (χ1v) is 7.09. The van der Waals surface area contributed by atoms with E-state index in [1.807, 2.05) is 0 Å². The van der Waals surface area contributed by atoms with Crippen LogP contribution in [0.15, 0.2) is 0 Å². The van der Waals surface area contributed by atoms with E-state index in [9.17, 15) is 4.79 Å². The summed E-state index contributed by atoms with van der Waals surface area (Å²) in [7, 11) is 0. The molecule has 0 aromatic heterocycles. The monoisotopic (exact) mass is 278 g/mol. The van der Waals surface area contributed by atoms with E-state index >= 15 is 0 Å². The van der Waals surface area contributed by atoms with E-state index in [-0.39, 0.29) is 5.92 Å². The molecule has 2 nitrogen and oxygen atoms in total. The van der Waals surface area contributed by atoms with Crippen LogP contribution in [0.5, 0.6) is 0 Å². The van der Waals surface area contributed by atoms with Gasteiger partial charge in [0.25, 0.3) is 0 Å². The van der Waals surface area contributed by atoms with Crippen molar-refractivity contribution in [3.05, 3.63) is 0 Å². The lowest BCUT2D eigenvalue weighted by Crippen LogP contribution is -2.08. The number of hydrogen-bond acceptors (Lipinski definition) is 1. The van der Waals surface area contributed by atoms with Crippen LogP contribution in [-0.2, 0) is 4.79 Å². The molecule has 0 aromatic rings. The van der Waals surface area contributed by atoms with Crippen LogP contribution in [0.1, 0.15) is 58.3 Å². The van der Waals surface area contributed by atoms with Crippen LogP contribution in [-0.4, -0.2) is 16.4 Å². The van der Waals surface area contributed by atoms with Crippen LogP contribution < -0.4 is 0 Å². The van der Waals surface area contributed by atoms with Crippen molar-refractivity contribution >= 4 is 21.9 Å². The molecular weight excluding hydrogens is 256 g/mol. The van der Waals surface area contributed by atoms with E-state index in [2.05, 4.69) is 15.9 Å². The van der Waals surface area contributed by atoms with Crippen molar-refractivity contribution in [2.45, 2.75) is 58.3 Å². The SMILES string of the molecule is CC(CCCCCCCCCBr)C(=O)O. The Kier molecular flexibility index (Phi) is 10.4. The lowest BCUT2D eigenvalue weighted by molar-refractivity contribution is -0.141. The minimum absolute atomic E-state index is 0.168. The van der Waals surface area contributed by atoms with Gasteiger partial charge in [0, 0.05) is 5.33 Å². The Hall–Kier alpha value is -0.0500. The molecule has 90 valence electrons. The fourth-order valence-electron chi connectivity index (χ4n) is 1.55. The molecule has 0 saturated carbocycles. The summed E-state index contributed by atoms with van der Waals surface area (Å²) in [5.74, 6) is -0.828. The van der Waals surface area contributed by atoms with Crippen LogP contribution in [0.2, 0.25) is 0 Å². The number of halogens is 1. The molecule has 0 aliphatic carbocycles. The molecule has 3 heteroatoms. The highest BCUT2D eigenvalue weighted by Crippen LogP contribution is 2.12. The maximum absolute atomic E-state index is 10.5. The van der Waals surface area contributed by atoms with E-state index in [1.165, 1.54) is 38.5 Å². The van der Waals surface area contributed by atoms with Crippen molar-refractivity contribution in [2.24, 2.45) is 5.92 Å². The molecule has 0 saturated heterocycles. The van der Waals surface area contributed by atoms with E-state index in [0.717, 1.165) is 18.2 Å². The largest absolute Gasteiger partial charge is 0.481 e. The van der Waals surface area contributed by atoms with E-state index in [1.54, 1.807) is 6.92 Å². The summed E-state index contributed by atoms with van der Waals surface area (Å²) in [4.78, 5) is 10.5. The molecule has 1 atom stereocenters. The quantitative estimate of drug-likeness (QED) is 0.480. The molecule has 0 heterocycles. The van der Waals surface area contributed by atoms with Gasteiger partial charge in [-0.05, 0) is 12.8 Å². The summed E-state index contributed by atoms with van der Waals surface area (Å²) >= 11 is 3.42. The van der Waals surface area contributed by atoms with Crippen molar-refractivity contribution < 1.29 is 9.90 Å². The molecule has 0 radical (unpaired) electrons. The molecule has 0 fully saturated rings. The molecule has 0 rings (SSSR count). The Labute approximate surface area is 102 Å². The molecule has 0 aliphatic heterocycles. The van der Waals surface area contributed by atoms with Crippen molar-refractivity contribution in [1.82, 2.24) is 0 Å². The van der Waals surface area contributed by atoms with Crippen molar-refractivity contribution in [2.75, 3.05) is 5.33 Å². The summed E-state index contributed by atoms with van der Waals surface area (Å²) in [5, 5.41) is 9.79. The van der Waals surface area contributed by atoms with Gasteiger partial charge in [0.2, 0.25) is 0 Å². The van der Waals surface area contributed by atoms with Crippen molar-refractivity contribution in [1.29, 1.82) is 0 Å². The third-order valence-electron chi connectivity index (χ3n) is 2.69. The smallest absolute Gasteiger partial charge is 0.306 e. The highest BCUT2D eigenvalue weighted by molar-refractivity contribution is 9.09. The maximum Gasteiger partial charge on any atom is 0.306 e. The zero-order valence-electron chi connectivity index (χ0n) is 9.67. The minimum Gasteiger partial charge on any atom is -0.481 e. The first kappa shape index (κ1) is 14.9. The Bertz CT molecular complexity index is 160. The lowest BCUT2D eigenvalue weighted by atomic mass is 10.0. The van der Waals surface area contributed by atoms with Crippen molar-refractivity contribution in [3.8, 4) is 0 Å². The highest BCUT2D eigenvalue weighted by Gasteiger charge is 2.09. The fourth-order valence-corrected chi connectivity index (χ4v) is 1.95. The normalized spacial score (nSPS) is 12.7. The Morgan fingerprint density at radius 1 is 1.07 bits per heavy atom. The Morgan fingerprint density at radius 3 is 2.00 bits per heavy atom. The summed E-state index contributed by atoms with van der Waals surface area (Å²) < 4.78 is 0. The van der Waals surface area contributed by atoms with Gasteiger partial charge < -0.3 is 5.11 Å². The van der Waals surface area contributed by atoms with E-state index < -0.39 is 5.97 Å². The molecule has 0 bridgehead atoms. The second kappa shape index (κ2) is 10.5. The number of carbonyl (C=O) groups is 1. The van der Waals surface area contributed by atoms with E-state index in [0.29, 0.717) is 0 Å². The minimum atomic E-state index is -0.660. The van der Waals surface area contributed by atoms with Gasteiger partial charge in [-0.3, -0.25) is 4.79 Å². The third kappa shape index (κ3) is 10.2. The second-order valence-electron chi connectivity index (χ2n) is 4.19. The number of rotatable bonds is 10. The first-order valence-electron chi connectivity index (χ1n) is 5.97. The molecule has 0 aromatic carbocycles. The highest BCUT2D eigenvalue weighted by atomic mass is 79.9. The summed E-state index contributed by atoms with van der Waals surface area (Å²) in [5.41, 5.74) is 0. The number of carboxylic acids is 1. The zero-order chi connectivity index (χ0) is 11.5. The third-order valence-corrected chi connectivity index (χ3v) is 3.25. The number of hydrogen-bond donors (Lipinski definition) is 1. The molecule has 1 N–H and O–H groups in total. The zero-order valence-corrected chi connectivity index (χ0v) is 11.3. The molecule has 0 amide bonds. The molecule has 15 heavy (non-hydrogen) atoms. The Balaban J connectivity index is 3.08. The van der Waals surface area contributed by atoms with Gasteiger partial charge in [-0.1, -0.05) is 61.4 Å².